The quantitative estimate of drug-likeness (QED) is 0.809. The summed E-state index contributed by atoms with van der Waals surface area (Å²) in [5.74, 6) is -0.0947. The van der Waals surface area contributed by atoms with E-state index in [4.69, 9.17) is 5.73 Å². The van der Waals surface area contributed by atoms with Gasteiger partial charge in [-0.25, -0.2) is 0 Å². The van der Waals surface area contributed by atoms with Crippen molar-refractivity contribution in [2.24, 2.45) is 11.1 Å². The van der Waals surface area contributed by atoms with Crippen LogP contribution in [-0.4, -0.2) is 23.0 Å². The minimum Gasteiger partial charge on any atom is -0.361 e. The van der Waals surface area contributed by atoms with Crippen LogP contribution in [0.4, 0.5) is 0 Å². The number of nitrogens with one attached hydrogen (secondary N) is 2. The predicted octanol–water partition coefficient (Wildman–Crippen LogP) is 2.59. The second-order valence-corrected chi connectivity index (χ2v) is 6.77. The Morgan fingerprint density at radius 2 is 2.00 bits per heavy atom. The molecule has 1 aromatic heterocycles. The summed E-state index contributed by atoms with van der Waals surface area (Å²) in [4.78, 5) is 15.4. The van der Waals surface area contributed by atoms with Gasteiger partial charge in [-0.3, -0.25) is 4.79 Å². The number of benzene rings is 1. The van der Waals surface area contributed by atoms with Crippen LogP contribution in [0.1, 0.15) is 33.3 Å². The Labute approximate surface area is 126 Å². The lowest BCUT2D eigenvalue weighted by atomic mass is 9.88. The summed E-state index contributed by atoms with van der Waals surface area (Å²) in [6.45, 7) is 8.31. The standard InChI is InChI=1S/C17H25N3O/c1-11(17(2,3)4)20-16(21)14(18)9-12-10-19-15-8-6-5-7-13(12)15/h5-8,10-11,14,19H,9,18H2,1-4H3,(H,20,21)/t11?,14-/m1/s1. The molecular weight excluding hydrogens is 262 g/mol. The highest BCUT2D eigenvalue weighted by Crippen LogP contribution is 2.20. The van der Waals surface area contributed by atoms with Gasteiger partial charge in [-0.15, -0.1) is 0 Å². The fourth-order valence-electron chi connectivity index (χ4n) is 2.17. The van der Waals surface area contributed by atoms with Crippen molar-refractivity contribution in [1.82, 2.24) is 10.3 Å². The number of carbonyl (C=O) groups is 1. The van der Waals surface area contributed by atoms with Gasteiger partial charge in [0.25, 0.3) is 0 Å². The van der Waals surface area contributed by atoms with Crippen LogP contribution in [0.5, 0.6) is 0 Å². The highest BCUT2D eigenvalue weighted by molar-refractivity contribution is 5.86. The monoisotopic (exact) mass is 287 g/mol. The summed E-state index contributed by atoms with van der Waals surface area (Å²) in [7, 11) is 0. The predicted molar refractivity (Wildman–Crippen MR) is 87.0 cm³/mol. The van der Waals surface area contributed by atoms with Crippen molar-refractivity contribution in [3.8, 4) is 0 Å². The van der Waals surface area contributed by atoms with Gasteiger partial charge in [-0.2, -0.15) is 0 Å². The molecule has 0 radical (unpaired) electrons. The van der Waals surface area contributed by atoms with Gasteiger partial charge in [0, 0.05) is 23.1 Å². The van der Waals surface area contributed by atoms with Crippen LogP contribution >= 0.6 is 0 Å². The zero-order valence-corrected chi connectivity index (χ0v) is 13.2. The molecule has 4 heteroatoms. The van der Waals surface area contributed by atoms with Gasteiger partial charge < -0.3 is 16.0 Å². The summed E-state index contributed by atoms with van der Waals surface area (Å²) in [5, 5.41) is 4.14. The van der Waals surface area contributed by atoms with Crippen molar-refractivity contribution in [2.45, 2.75) is 46.2 Å². The molecule has 0 aliphatic heterocycles. The second-order valence-electron chi connectivity index (χ2n) is 6.77. The van der Waals surface area contributed by atoms with Crippen LogP contribution in [0.2, 0.25) is 0 Å². The number of fused-ring (bicyclic) bond motifs is 1. The minimum absolute atomic E-state index is 0.0240. The van der Waals surface area contributed by atoms with E-state index in [-0.39, 0.29) is 17.4 Å². The number of hydrogen-bond acceptors (Lipinski definition) is 2. The molecule has 1 unspecified atom stereocenters. The number of hydrogen-bond donors (Lipinski definition) is 3. The second kappa shape index (κ2) is 5.90. The third-order valence-corrected chi connectivity index (χ3v) is 4.11. The third kappa shape index (κ3) is 3.64. The maximum absolute atomic E-state index is 12.2. The molecule has 0 spiro atoms. The van der Waals surface area contributed by atoms with Gasteiger partial charge in [0.05, 0.1) is 6.04 Å². The molecule has 0 fully saturated rings. The van der Waals surface area contributed by atoms with Crippen molar-refractivity contribution >= 4 is 16.8 Å². The normalized spacial score (nSPS) is 14.9. The summed E-state index contributed by atoms with van der Waals surface area (Å²) in [6.07, 6.45) is 2.47. The maximum atomic E-state index is 12.2. The van der Waals surface area contributed by atoms with Crippen LogP contribution < -0.4 is 11.1 Å². The molecule has 0 saturated heterocycles. The van der Waals surface area contributed by atoms with E-state index in [1.807, 2.05) is 37.4 Å². The Morgan fingerprint density at radius 1 is 1.33 bits per heavy atom. The van der Waals surface area contributed by atoms with Crippen LogP contribution in [0.25, 0.3) is 10.9 Å². The van der Waals surface area contributed by atoms with Crippen LogP contribution in [0, 0.1) is 5.41 Å². The topological polar surface area (TPSA) is 70.9 Å². The number of nitrogens with two attached hydrogens (primary N) is 1. The summed E-state index contributed by atoms with van der Waals surface area (Å²) < 4.78 is 0. The van der Waals surface area contributed by atoms with Crippen molar-refractivity contribution < 1.29 is 4.79 Å². The molecule has 1 amide bonds. The highest BCUT2D eigenvalue weighted by Gasteiger charge is 2.24. The molecule has 0 aliphatic carbocycles. The molecule has 0 aliphatic rings. The summed E-state index contributed by atoms with van der Waals surface area (Å²) >= 11 is 0. The van der Waals surface area contributed by atoms with Crippen LogP contribution in [-0.2, 0) is 11.2 Å². The molecule has 114 valence electrons. The molecular formula is C17H25N3O. The van der Waals surface area contributed by atoms with E-state index >= 15 is 0 Å². The lowest BCUT2D eigenvalue weighted by Gasteiger charge is -2.29. The van der Waals surface area contributed by atoms with Gasteiger partial charge in [0.1, 0.15) is 0 Å². The third-order valence-electron chi connectivity index (χ3n) is 4.11. The molecule has 21 heavy (non-hydrogen) atoms. The van der Waals surface area contributed by atoms with E-state index in [0.717, 1.165) is 16.5 Å². The highest BCUT2D eigenvalue weighted by atomic mass is 16.2. The SMILES string of the molecule is CC(NC(=O)[C@H](N)Cc1c[nH]c2ccccc12)C(C)(C)C. The van der Waals surface area contributed by atoms with Gasteiger partial charge in [-0.1, -0.05) is 39.0 Å². The van der Waals surface area contributed by atoms with Gasteiger partial charge >= 0.3 is 0 Å². The van der Waals surface area contributed by atoms with E-state index < -0.39 is 6.04 Å². The molecule has 4 N–H and O–H groups in total. The molecule has 1 aromatic carbocycles. The summed E-state index contributed by atoms with van der Waals surface area (Å²) in [6, 6.07) is 7.59. The zero-order valence-electron chi connectivity index (χ0n) is 13.2. The molecule has 2 rings (SSSR count). The minimum atomic E-state index is -0.533. The molecule has 4 nitrogen and oxygen atoms in total. The number of carbonyl (C=O) groups excluding carboxylic acids is 1. The van der Waals surface area contributed by atoms with Crippen molar-refractivity contribution in [2.75, 3.05) is 0 Å². The Balaban J connectivity index is 2.04. The maximum Gasteiger partial charge on any atom is 0.237 e. The first kappa shape index (κ1) is 15.6. The summed E-state index contributed by atoms with van der Waals surface area (Å²) in [5.41, 5.74) is 8.24. The van der Waals surface area contributed by atoms with Gasteiger partial charge in [-0.05, 0) is 30.4 Å². The average molecular weight is 287 g/mol. The van der Waals surface area contributed by atoms with E-state index in [9.17, 15) is 4.79 Å². The lowest BCUT2D eigenvalue weighted by molar-refractivity contribution is -0.123. The largest absolute Gasteiger partial charge is 0.361 e. The van der Waals surface area contributed by atoms with Gasteiger partial charge in [0.2, 0.25) is 5.91 Å². The fourth-order valence-corrected chi connectivity index (χ4v) is 2.17. The number of aromatic amines is 1. The number of H-pyrrole nitrogens is 1. The van der Waals surface area contributed by atoms with Crippen molar-refractivity contribution in [1.29, 1.82) is 0 Å². The van der Waals surface area contributed by atoms with Gasteiger partial charge in [0.15, 0.2) is 0 Å². The van der Waals surface area contributed by atoms with Crippen molar-refractivity contribution in [3.05, 3.63) is 36.0 Å². The Bertz CT molecular complexity index is 624. The van der Waals surface area contributed by atoms with Crippen LogP contribution in [0.15, 0.2) is 30.5 Å². The lowest BCUT2D eigenvalue weighted by Crippen LogP contribution is -2.49. The number of aromatic nitrogens is 1. The Kier molecular flexibility index (Phi) is 4.37. The number of para-hydroxylation sites is 1. The van der Waals surface area contributed by atoms with E-state index in [2.05, 4.69) is 31.1 Å². The van der Waals surface area contributed by atoms with E-state index in [1.54, 1.807) is 0 Å². The number of amides is 1. The Morgan fingerprint density at radius 3 is 2.67 bits per heavy atom. The van der Waals surface area contributed by atoms with Crippen LogP contribution in [0.3, 0.4) is 0 Å². The molecule has 2 aromatic rings. The zero-order chi connectivity index (χ0) is 15.6. The smallest absolute Gasteiger partial charge is 0.237 e. The number of rotatable bonds is 4. The Hall–Kier alpha value is -1.81. The molecule has 0 bridgehead atoms. The first-order valence-electron chi connectivity index (χ1n) is 7.40. The molecule has 1 heterocycles. The first-order chi connectivity index (χ1) is 9.79. The van der Waals surface area contributed by atoms with E-state index in [1.165, 1.54) is 0 Å². The molecule has 2 atom stereocenters. The molecule has 0 saturated carbocycles. The van der Waals surface area contributed by atoms with Crippen molar-refractivity contribution in [3.63, 3.8) is 0 Å². The first-order valence-corrected chi connectivity index (χ1v) is 7.40. The fraction of sp³-hybridized carbons (Fsp3) is 0.471. The average Bonchev–Trinajstić information content (AvgIpc) is 2.81. The van der Waals surface area contributed by atoms with E-state index in [0.29, 0.717) is 6.42 Å².